The summed E-state index contributed by atoms with van der Waals surface area (Å²) in [6.07, 6.45) is 2.71. The van der Waals surface area contributed by atoms with Crippen LogP contribution in [0.15, 0.2) is 30.3 Å². The van der Waals surface area contributed by atoms with E-state index in [1.807, 2.05) is 30.3 Å². The van der Waals surface area contributed by atoms with Crippen molar-refractivity contribution in [1.29, 1.82) is 0 Å². The zero-order chi connectivity index (χ0) is 12.6. The monoisotopic (exact) mass is 249 g/mol. The highest BCUT2D eigenvalue weighted by Crippen LogP contribution is 2.06. The van der Waals surface area contributed by atoms with Gasteiger partial charge >= 0.3 is 0 Å². The first-order valence-corrected chi connectivity index (χ1v) is 6.23. The largest absolute Gasteiger partial charge is 0.343 e. The van der Waals surface area contributed by atoms with Crippen molar-refractivity contribution in [3.8, 4) is 0 Å². The highest BCUT2D eigenvalue weighted by Gasteiger charge is 2.19. The topological polar surface area (TPSA) is 62.4 Å². The second kappa shape index (κ2) is 7.10. The lowest BCUT2D eigenvalue weighted by atomic mass is 10.1. The number of carbonyl (C=O) groups is 1. The first-order chi connectivity index (χ1) is 8.88. The molecule has 2 rings (SSSR count). The van der Waals surface area contributed by atoms with E-state index in [1.54, 1.807) is 0 Å². The van der Waals surface area contributed by atoms with Gasteiger partial charge in [0.1, 0.15) is 0 Å². The molecule has 98 valence electrons. The van der Waals surface area contributed by atoms with E-state index in [-0.39, 0.29) is 6.17 Å². The van der Waals surface area contributed by atoms with E-state index in [4.69, 9.17) is 4.84 Å². The fraction of sp³-hybridized carbons (Fsp3) is 0.462. The fourth-order valence-corrected chi connectivity index (χ4v) is 2.00. The van der Waals surface area contributed by atoms with Crippen molar-refractivity contribution < 1.29 is 9.63 Å². The zero-order valence-electron chi connectivity index (χ0n) is 10.3. The van der Waals surface area contributed by atoms with Crippen LogP contribution in [-0.2, 0) is 16.2 Å². The second-order valence-electron chi connectivity index (χ2n) is 4.41. The van der Waals surface area contributed by atoms with Gasteiger partial charge in [-0.25, -0.2) is 0 Å². The summed E-state index contributed by atoms with van der Waals surface area (Å²) in [6, 6.07) is 10.3. The van der Waals surface area contributed by atoms with Gasteiger partial charge in [0.2, 0.25) is 6.41 Å². The van der Waals surface area contributed by atoms with Gasteiger partial charge in [0.15, 0.2) is 0 Å². The van der Waals surface area contributed by atoms with Gasteiger partial charge in [-0.05, 0) is 18.4 Å². The molecule has 1 aromatic carbocycles. The Morgan fingerprint density at radius 2 is 2.17 bits per heavy atom. The number of carbonyl (C=O) groups excluding carboxylic acids is 1. The summed E-state index contributed by atoms with van der Waals surface area (Å²) in [5.41, 5.74) is 4.20. The fourth-order valence-electron chi connectivity index (χ4n) is 2.00. The SMILES string of the molecule is O=CN[C@@H]1CC[C@@H](NOCc2ccccc2)CN1. The Bertz CT molecular complexity index is 351. The molecule has 1 aliphatic heterocycles. The van der Waals surface area contributed by atoms with Crippen LogP contribution in [0.3, 0.4) is 0 Å². The van der Waals surface area contributed by atoms with Gasteiger partial charge in [0.05, 0.1) is 12.8 Å². The summed E-state index contributed by atoms with van der Waals surface area (Å²) in [5.74, 6) is 0. The molecule has 5 heteroatoms. The maximum atomic E-state index is 10.3. The number of hydroxylamine groups is 1. The van der Waals surface area contributed by atoms with Crippen LogP contribution in [0, 0.1) is 0 Å². The van der Waals surface area contributed by atoms with Crippen molar-refractivity contribution in [2.75, 3.05) is 6.54 Å². The number of nitrogens with one attached hydrogen (secondary N) is 3. The minimum atomic E-state index is 0.0923. The molecule has 0 aliphatic carbocycles. The molecule has 0 spiro atoms. The molecule has 0 aromatic heterocycles. The predicted octanol–water partition coefficient (Wildman–Crippen LogP) is 0.532. The van der Waals surface area contributed by atoms with E-state index in [2.05, 4.69) is 16.1 Å². The van der Waals surface area contributed by atoms with E-state index >= 15 is 0 Å². The Kier molecular flexibility index (Phi) is 5.14. The summed E-state index contributed by atoms with van der Waals surface area (Å²) in [7, 11) is 0. The minimum absolute atomic E-state index is 0.0923. The molecule has 5 nitrogen and oxygen atoms in total. The first-order valence-electron chi connectivity index (χ1n) is 6.23. The summed E-state index contributed by atoms with van der Waals surface area (Å²) in [6.45, 7) is 1.35. The van der Waals surface area contributed by atoms with Gasteiger partial charge in [-0.2, -0.15) is 5.48 Å². The normalized spacial score (nSPS) is 23.6. The Morgan fingerprint density at radius 1 is 1.33 bits per heavy atom. The lowest BCUT2D eigenvalue weighted by Gasteiger charge is -2.29. The molecule has 0 unspecified atom stereocenters. The Hall–Kier alpha value is -1.43. The van der Waals surface area contributed by atoms with Gasteiger partial charge < -0.3 is 5.32 Å². The zero-order valence-corrected chi connectivity index (χ0v) is 10.3. The Morgan fingerprint density at radius 3 is 2.83 bits per heavy atom. The Labute approximate surface area is 107 Å². The lowest BCUT2D eigenvalue weighted by Crippen LogP contribution is -2.52. The minimum Gasteiger partial charge on any atom is -0.343 e. The molecule has 1 amide bonds. The smallest absolute Gasteiger partial charge is 0.208 e. The van der Waals surface area contributed by atoms with Crippen molar-refractivity contribution in [1.82, 2.24) is 16.1 Å². The second-order valence-corrected chi connectivity index (χ2v) is 4.41. The van der Waals surface area contributed by atoms with Crippen molar-refractivity contribution in [2.24, 2.45) is 0 Å². The van der Waals surface area contributed by atoms with Crippen LogP contribution in [0.5, 0.6) is 0 Å². The molecule has 1 saturated heterocycles. The number of piperidine rings is 1. The molecule has 1 aliphatic rings. The molecule has 0 radical (unpaired) electrons. The van der Waals surface area contributed by atoms with Crippen LogP contribution >= 0.6 is 0 Å². The quantitative estimate of drug-likeness (QED) is 0.508. The number of benzene rings is 1. The number of amides is 1. The molecular formula is C13H19N3O2. The third-order valence-electron chi connectivity index (χ3n) is 3.02. The number of hydrogen-bond acceptors (Lipinski definition) is 4. The summed E-state index contributed by atoms with van der Waals surface area (Å²) >= 11 is 0. The van der Waals surface area contributed by atoms with Crippen LogP contribution in [0.2, 0.25) is 0 Å². The van der Waals surface area contributed by atoms with Crippen molar-refractivity contribution in [3.05, 3.63) is 35.9 Å². The summed E-state index contributed by atoms with van der Waals surface area (Å²) < 4.78 is 0. The van der Waals surface area contributed by atoms with Crippen LogP contribution in [0.25, 0.3) is 0 Å². The summed E-state index contributed by atoms with van der Waals surface area (Å²) in [5, 5.41) is 5.96. The summed E-state index contributed by atoms with van der Waals surface area (Å²) in [4.78, 5) is 15.8. The van der Waals surface area contributed by atoms with Gasteiger partial charge in [-0.3, -0.25) is 14.9 Å². The Balaban J connectivity index is 1.62. The van der Waals surface area contributed by atoms with Crippen molar-refractivity contribution in [3.63, 3.8) is 0 Å². The molecule has 1 aromatic rings. The molecule has 2 atom stereocenters. The van der Waals surface area contributed by atoms with Gasteiger partial charge in [0, 0.05) is 12.6 Å². The molecule has 1 heterocycles. The third kappa shape index (κ3) is 4.10. The molecule has 1 fully saturated rings. The third-order valence-corrected chi connectivity index (χ3v) is 3.02. The predicted molar refractivity (Wildman–Crippen MR) is 68.4 cm³/mol. The highest BCUT2D eigenvalue weighted by molar-refractivity contribution is 5.46. The number of hydrogen-bond donors (Lipinski definition) is 3. The standard InChI is InChI=1S/C13H19N3O2/c17-10-15-13-7-6-12(8-14-13)16-18-9-11-4-2-1-3-5-11/h1-5,10,12-14,16H,6-9H2,(H,15,17)/t12-,13-/m1/s1. The highest BCUT2D eigenvalue weighted by atomic mass is 16.6. The van der Waals surface area contributed by atoms with E-state index < -0.39 is 0 Å². The van der Waals surface area contributed by atoms with Crippen molar-refractivity contribution >= 4 is 6.41 Å². The molecule has 0 saturated carbocycles. The van der Waals surface area contributed by atoms with E-state index in [1.165, 1.54) is 0 Å². The molecular weight excluding hydrogens is 230 g/mol. The molecule has 18 heavy (non-hydrogen) atoms. The average Bonchev–Trinajstić information content (AvgIpc) is 2.42. The maximum Gasteiger partial charge on any atom is 0.208 e. The van der Waals surface area contributed by atoms with Gasteiger partial charge in [-0.1, -0.05) is 30.3 Å². The van der Waals surface area contributed by atoms with Crippen LogP contribution in [0.1, 0.15) is 18.4 Å². The first kappa shape index (κ1) is 13.0. The van der Waals surface area contributed by atoms with Crippen LogP contribution in [0.4, 0.5) is 0 Å². The van der Waals surface area contributed by atoms with E-state index in [0.29, 0.717) is 12.6 Å². The van der Waals surface area contributed by atoms with Gasteiger partial charge in [0.25, 0.3) is 0 Å². The maximum absolute atomic E-state index is 10.3. The van der Waals surface area contributed by atoms with E-state index in [0.717, 1.165) is 31.4 Å². The number of rotatable bonds is 6. The molecule has 0 bridgehead atoms. The lowest BCUT2D eigenvalue weighted by molar-refractivity contribution is -0.110. The van der Waals surface area contributed by atoms with Crippen LogP contribution < -0.4 is 16.1 Å². The van der Waals surface area contributed by atoms with Crippen LogP contribution in [-0.4, -0.2) is 25.2 Å². The average molecular weight is 249 g/mol. The van der Waals surface area contributed by atoms with E-state index in [9.17, 15) is 4.79 Å². The van der Waals surface area contributed by atoms with Crippen molar-refractivity contribution in [2.45, 2.75) is 31.7 Å². The molecule has 3 N–H and O–H groups in total. The van der Waals surface area contributed by atoms with Gasteiger partial charge in [-0.15, -0.1) is 0 Å².